The van der Waals surface area contributed by atoms with Gasteiger partial charge in [0.2, 0.25) is 0 Å². The van der Waals surface area contributed by atoms with Gasteiger partial charge in [-0.15, -0.1) is 11.8 Å². The molecule has 1 heterocycles. The summed E-state index contributed by atoms with van der Waals surface area (Å²) in [5.74, 6) is 0.499. The van der Waals surface area contributed by atoms with Crippen LogP contribution in [0.15, 0.2) is 71.8 Å². The second-order valence-electron chi connectivity index (χ2n) is 8.21. The number of hydrogen-bond donors (Lipinski definition) is 0. The zero-order valence-corrected chi connectivity index (χ0v) is 21.9. The monoisotopic (exact) mass is 517 g/mol. The summed E-state index contributed by atoms with van der Waals surface area (Å²) in [6.45, 7) is 2.08. The van der Waals surface area contributed by atoms with E-state index in [0.29, 0.717) is 44.3 Å². The lowest BCUT2D eigenvalue weighted by Crippen LogP contribution is -2.11. The van der Waals surface area contributed by atoms with Gasteiger partial charge >= 0.3 is 11.9 Å². The Hall–Kier alpha value is -4.04. The van der Waals surface area contributed by atoms with Gasteiger partial charge in [-0.05, 0) is 42.8 Å². The highest BCUT2D eigenvalue weighted by molar-refractivity contribution is 7.98. The summed E-state index contributed by atoms with van der Waals surface area (Å²) < 4.78 is 21.8. The lowest BCUT2D eigenvalue weighted by Gasteiger charge is -2.17. The summed E-state index contributed by atoms with van der Waals surface area (Å²) in [5, 5.41) is 1.18. The Morgan fingerprint density at radius 1 is 0.892 bits per heavy atom. The number of rotatable bonds is 9. The Kier molecular flexibility index (Phi) is 8.30. The number of esters is 2. The van der Waals surface area contributed by atoms with E-state index in [1.54, 1.807) is 25.3 Å². The number of fused-ring (bicyclic) bond motifs is 1. The highest BCUT2D eigenvalue weighted by Crippen LogP contribution is 2.38. The summed E-state index contributed by atoms with van der Waals surface area (Å²) in [5.41, 5.74) is 4.20. The minimum Gasteiger partial charge on any atom is -0.496 e. The largest absolute Gasteiger partial charge is 0.496 e. The SMILES string of the molecule is COC(=O)c1ccc(OC)c(COc2c(C(=O)OC)c(SCc3cccc(C)c3)nc3ccccc23)c1. The van der Waals surface area contributed by atoms with Gasteiger partial charge < -0.3 is 18.9 Å². The first kappa shape index (κ1) is 26.0. The molecule has 0 amide bonds. The van der Waals surface area contributed by atoms with Crippen molar-refractivity contribution in [3.8, 4) is 11.5 Å². The van der Waals surface area contributed by atoms with Gasteiger partial charge in [0.05, 0.1) is 32.4 Å². The first-order chi connectivity index (χ1) is 17.9. The second kappa shape index (κ2) is 11.8. The van der Waals surface area contributed by atoms with Crippen molar-refractivity contribution in [3.05, 3.63) is 94.5 Å². The van der Waals surface area contributed by atoms with Crippen molar-refractivity contribution >= 4 is 34.6 Å². The van der Waals surface area contributed by atoms with E-state index in [2.05, 4.69) is 6.07 Å². The molecular weight excluding hydrogens is 490 g/mol. The molecule has 0 unspecified atom stereocenters. The minimum absolute atomic E-state index is 0.0357. The smallest absolute Gasteiger partial charge is 0.344 e. The molecule has 0 bridgehead atoms. The Bertz CT molecular complexity index is 1450. The summed E-state index contributed by atoms with van der Waals surface area (Å²) in [4.78, 5) is 29.9. The van der Waals surface area contributed by atoms with Gasteiger partial charge in [-0.1, -0.05) is 42.0 Å². The van der Waals surface area contributed by atoms with Crippen molar-refractivity contribution in [2.24, 2.45) is 0 Å². The van der Waals surface area contributed by atoms with Crippen molar-refractivity contribution in [1.29, 1.82) is 0 Å². The molecule has 7 nitrogen and oxygen atoms in total. The number of aryl methyl sites for hydroxylation is 1. The van der Waals surface area contributed by atoms with E-state index in [-0.39, 0.29) is 12.2 Å². The van der Waals surface area contributed by atoms with E-state index in [1.165, 1.54) is 26.0 Å². The zero-order chi connectivity index (χ0) is 26.4. The maximum absolute atomic E-state index is 13.0. The molecule has 1 aromatic heterocycles. The third kappa shape index (κ3) is 5.86. The normalized spacial score (nSPS) is 10.7. The van der Waals surface area contributed by atoms with Crippen LogP contribution in [0.25, 0.3) is 10.9 Å². The number of ether oxygens (including phenoxy) is 4. The third-order valence-electron chi connectivity index (χ3n) is 5.73. The van der Waals surface area contributed by atoms with Crippen LogP contribution in [-0.4, -0.2) is 38.3 Å². The van der Waals surface area contributed by atoms with Crippen LogP contribution in [0.4, 0.5) is 0 Å². The topological polar surface area (TPSA) is 84.0 Å². The lowest BCUT2D eigenvalue weighted by molar-refractivity contribution is 0.0586. The molecule has 0 aliphatic rings. The molecule has 0 spiro atoms. The van der Waals surface area contributed by atoms with Crippen molar-refractivity contribution in [2.45, 2.75) is 24.3 Å². The number of hydrogen-bond acceptors (Lipinski definition) is 8. The number of para-hydroxylation sites is 1. The molecule has 0 radical (unpaired) electrons. The van der Waals surface area contributed by atoms with E-state index in [4.69, 9.17) is 23.9 Å². The minimum atomic E-state index is -0.546. The maximum atomic E-state index is 13.0. The molecular formula is C29H27NO6S. The molecule has 8 heteroatoms. The highest BCUT2D eigenvalue weighted by Gasteiger charge is 2.24. The van der Waals surface area contributed by atoms with Gasteiger partial charge in [-0.2, -0.15) is 0 Å². The molecule has 0 saturated carbocycles. The Labute approximate surface area is 219 Å². The Morgan fingerprint density at radius 2 is 1.68 bits per heavy atom. The van der Waals surface area contributed by atoms with E-state index in [9.17, 15) is 9.59 Å². The third-order valence-corrected chi connectivity index (χ3v) is 6.78. The van der Waals surface area contributed by atoms with Crippen molar-refractivity contribution in [1.82, 2.24) is 4.98 Å². The number of thioether (sulfide) groups is 1. The van der Waals surface area contributed by atoms with Gasteiger partial charge in [0.1, 0.15) is 28.7 Å². The average molecular weight is 518 g/mol. The standard InChI is InChI=1S/C29H27NO6S/c1-18-8-7-9-19(14-18)17-37-27-25(29(32)35-4)26(22-10-5-6-11-23(22)30-27)36-16-21-15-20(28(31)34-3)12-13-24(21)33-2/h5-15H,16-17H2,1-4H3. The summed E-state index contributed by atoms with van der Waals surface area (Å²) in [6, 6.07) is 20.6. The van der Waals surface area contributed by atoms with Crippen molar-refractivity contribution in [3.63, 3.8) is 0 Å². The number of aromatic nitrogens is 1. The fourth-order valence-electron chi connectivity index (χ4n) is 3.94. The summed E-state index contributed by atoms with van der Waals surface area (Å²) in [7, 11) is 4.20. The van der Waals surface area contributed by atoms with E-state index < -0.39 is 11.9 Å². The van der Waals surface area contributed by atoms with E-state index in [0.717, 1.165) is 11.1 Å². The zero-order valence-electron chi connectivity index (χ0n) is 21.1. The molecule has 0 atom stereocenters. The maximum Gasteiger partial charge on any atom is 0.344 e. The van der Waals surface area contributed by atoms with Crippen LogP contribution in [0.2, 0.25) is 0 Å². The van der Waals surface area contributed by atoms with E-state index >= 15 is 0 Å². The predicted molar refractivity (Wildman–Crippen MR) is 142 cm³/mol. The summed E-state index contributed by atoms with van der Waals surface area (Å²) >= 11 is 1.44. The first-order valence-electron chi connectivity index (χ1n) is 11.5. The fourth-order valence-corrected chi connectivity index (χ4v) is 4.90. The highest BCUT2D eigenvalue weighted by atomic mass is 32.2. The molecule has 0 aliphatic carbocycles. The molecule has 3 aromatic carbocycles. The molecule has 37 heavy (non-hydrogen) atoms. The fraction of sp³-hybridized carbons (Fsp3) is 0.207. The quantitative estimate of drug-likeness (QED) is 0.198. The number of pyridine rings is 1. The van der Waals surface area contributed by atoms with Crippen molar-refractivity contribution < 1.29 is 28.5 Å². The number of benzene rings is 3. The van der Waals surface area contributed by atoms with Crippen LogP contribution >= 0.6 is 11.8 Å². The number of nitrogens with zero attached hydrogens (tertiary/aromatic N) is 1. The van der Waals surface area contributed by atoms with Gasteiger partial charge in [0.25, 0.3) is 0 Å². The molecule has 4 rings (SSSR count). The van der Waals surface area contributed by atoms with Crippen LogP contribution in [-0.2, 0) is 21.8 Å². The molecule has 0 saturated heterocycles. The van der Waals surface area contributed by atoms with Crippen molar-refractivity contribution in [2.75, 3.05) is 21.3 Å². The molecule has 190 valence electrons. The molecule has 4 aromatic rings. The molecule has 0 fully saturated rings. The van der Waals surface area contributed by atoms with Crippen LogP contribution in [0.3, 0.4) is 0 Å². The van der Waals surface area contributed by atoms with Gasteiger partial charge in [0, 0.05) is 16.7 Å². The average Bonchev–Trinajstić information content (AvgIpc) is 2.93. The molecule has 0 N–H and O–H groups in total. The summed E-state index contributed by atoms with van der Waals surface area (Å²) in [6.07, 6.45) is 0. The molecule has 0 aliphatic heterocycles. The van der Waals surface area contributed by atoms with Crippen LogP contribution < -0.4 is 9.47 Å². The second-order valence-corrected chi connectivity index (χ2v) is 9.18. The number of methoxy groups -OCH3 is 3. The Balaban J connectivity index is 1.77. The van der Waals surface area contributed by atoms with Gasteiger partial charge in [-0.25, -0.2) is 14.6 Å². The number of carbonyl (C=O) groups excluding carboxylic acids is 2. The first-order valence-corrected chi connectivity index (χ1v) is 12.5. The van der Waals surface area contributed by atoms with Gasteiger partial charge in [0.15, 0.2) is 0 Å². The van der Waals surface area contributed by atoms with Crippen LogP contribution in [0.5, 0.6) is 11.5 Å². The lowest BCUT2D eigenvalue weighted by atomic mass is 10.1. The van der Waals surface area contributed by atoms with Crippen LogP contribution in [0.1, 0.15) is 37.4 Å². The number of carbonyl (C=O) groups is 2. The van der Waals surface area contributed by atoms with Gasteiger partial charge in [-0.3, -0.25) is 0 Å². The predicted octanol–water partition coefficient (Wildman–Crippen LogP) is 6.00. The Morgan fingerprint density at radius 3 is 2.41 bits per heavy atom. The van der Waals surface area contributed by atoms with Crippen LogP contribution in [0, 0.1) is 6.92 Å². The van der Waals surface area contributed by atoms with E-state index in [1.807, 2.05) is 49.4 Å².